The van der Waals surface area contributed by atoms with E-state index in [9.17, 15) is 18.0 Å². The Hall–Kier alpha value is -2.42. The number of nitrogens with zero attached hydrogens (tertiary/aromatic N) is 5. The van der Waals surface area contributed by atoms with Gasteiger partial charge in [-0.25, -0.2) is 19.3 Å². The predicted octanol–water partition coefficient (Wildman–Crippen LogP) is 3.01. The number of halogens is 4. The van der Waals surface area contributed by atoms with E-state index in [0.717, 1.165) is 21.7 Å². The van der Waals surface area contributed by atoms with Gasteiger partial charge >= 0.3 is 12.2 Å². The average Bonchev–Trinajstić information content (AvgIpc) is 3.02. The first-order valence-corrected chi connectivity index (χ1v) is 6.66. The number of hydrogen-bond donors (Lipinski definition) is 0. The number of aliphatic imine (C=N–C) groups is 1. The summed E-state index contributed by atoms with van der Waals surface area (Å²) in [5.74, 6) is 0. The van der Waals surface area contributed by atoms with Crippen molar-refractivity contribution in [3.63, 3.8) is 0 Å². The Labute approximate surface area is 132 Å². The van der Waals surface area contributed by atoms with E-state index in [0.29, 0.717) is 0 Å². The van der Waals surface area contributed by atoms with Gasteiger partial charge < -0.3 is 0 Å². The molecule has 1 aliphatic heterocycles. The number of rotatable bonds is 1. The molecular formula is C13H9ClF3N5O. The fraction of sp³-hybridized carbons (Fsp3) is 0.231. The van der Waals surface area contributed by atoms with Crippen LogP contribution >= 0.6 is 11.6 Å². The highest BCUT2D eigenvalue weighted by molar-refractivity contribution is 6.29. The van der Waals surface area contributed by atoms with Gasteiger partial charge in [-0.1, -0.05) is 17.7 Å². The second kappa shape index (κ2) is 4.79. The Kier molecular flexibility index (Phi) is 3.22. The Morgan fingerprint density at radius 3 is 2.78 bits per heavy atom. The molecule has 120 valence electrons. The van der Waals surface area contributed by atoms with E-state index in [2.05, 4.69) is 28.4 Å². The summed E-state index contributed by atoms with van der Waals surface area (Å²) >= 11 is 5.77. The second-order valence-electron chi connectivity index (χ2n) is 4.93. The van der Waals surface area contributed by atoms with E-state index in [1.54, 1.807) is 0 Å². The van der Waals surface area contributed by atoms with Crippen molar-refractivity contribution < 1.29 is 18.0 Å². The molecule has 0 radical (unpaired) electrons. The third kappa shape index (κ3) is 1.96. The molecule has 1 atom stereocenters. The van der Waals surface area contributed by atoms with Crippen molar-refractivity contribution in [1.82, 2.24) is 14.6 Å². The lowest BCUT2D eigenvalue weighted by Crippen LogP contribution is -2.46. The zero-order valence-corrected chi connectivity index (χ0v) is 12.3. The molecule has 3 rings (SSSR count). The minimum atomic E-state index is -4.72. The molecule has 0 aromatic carbocycles. The van der Waals surface area contributed by atoms with Gasteiger partial charge in [0.1, 0.15) is 5.41 Å². The van der Waals surface area contributed by atoms with Crippen molar-refractivity contribution in [2.75, 3.05) is 11.4 Å². The smallest absolute Gasteiger partial charge is 0.288 e. The van der Waals surface area contributed by atoms with Crippen LogP contribution in [-0.4, -0.2) is 40.1 Å². The maximum absolute atomic E-state index is 13.8. The number of fused-ring (bicyclic) bond motifs is 3. The molecule has 1 aliphatic rings. The van der Waals surface area contributed by atoms with Crippen molar-refractivity contribution in [2.45, 2.75) is 11.6 Å². The largest absolute Gasteiger partial charge is 0.405 e. The summed E-state index contributed by atoms with van der Waals surface area (Å²) in [6.45, 7) is 5.67. The molecule has 2 aromatic rings. The first-order valence-electron chi connectivity index (χ1n) is 6.28. The third-order valence-corrected chi connectivity index (χ3v) is 3.96. The van der Waals surface area contributed by atoms with E-state index >= 15 is 0 Å². The summed E-state index contributed by atoms with van der Waals surface area (Å²) in [5.41, 5.74) is -2.73. The van der Waals surface area contributed by atoms with E-state index in [1.165, 1.54) is 6.07 Å². The molecule has 0 N–H and O–H groups in total. The van der Waals surface area contributed by atoms with Crippen molar-refractivity contribution in [1.29, 1.82) is 0 Å². The van der Waals surface area contributed by atoms with E-state index in [1.807, 2.05) is 0 Å². The van der Waals surface area contributed by atoms with E-state index in [4.69, 9.17) is 11.6 Å². The van der Waals surface area contributed by atoms with Gasteiger partial charge in [0.25, 0.3) is 0 Å². The lowest BCUT2D eigenvalue weighted by Gasteiger charge is -2.28. The van der Waals surface area contributed by atoms with Gasteiger partial charge in [-0.05, 0) is 6.72 Å². The molecule has 3 heterocycles. The van der Waals surface area contributed by atoms with Crippen LogP contribution in [0.2, 0.25) is 5.15 Å². The number of carbonyl (C=O) groups excluding carboxylic acids is 1. The summed E-state index contributed by atoms with van der Waals surface area (Å²) < 4.78 is 42.4. The Balaban J connectivity index is 2.41. The van der Waals surface area contributed by atoms with Crippen molar-refractivity contribution >= 4 is 35.7 Å². The molecule has 2 amide bonds. The molecule has 0 saturated carbocycles. The fourth-order valence-electron chi connectivity index (χ4n) is 2.68. The molecule has 0 bridgehead atoms. The zero-order chi connectivity index (χ0) is 17.0. The highest BCUT2D eigenvalue weighted by atomic mass is 35.5. The summed E-state index contributed by atoms with van der Waals surface area (Å²) in [4.78, 5) is 19.9. The van der Waals surface area contributed by atoms with Crippen LogP contribution < -0.4 is 4.90 Å². The number of urea groups is 1. The molecule has 23 heavy (non-hydrogen) atoms. The lowest BCUT2D eigenvalue weighted by molar-refractivity contribution is -0.172. The van der Waals surface area contributed by atoms with Crippen molar-refractivity contribution in [2.24, 2.45) is 4.99 Å². The molecular weight excluding hydrogens is 335 g/mol. The summed E-state index contributed by atoms with van der Waals surface area (Å²) in [5, 5.41) is 3.83. The standard InChI is InChI=1S/C13H9ClF3N5O/c1-3-12(13(15,16)17)6-21(11(23)18-2)7-5-19-9-4-8(14)20-22(9)10(7)12/h3-5H,1-2,6H2/t12-/m1/s1. The summed E-state index contributed by atoms with van der Waals surface area (Å²) in [6, 6.07) is 0.404. The molecule has 0 unspecified atom stereocenters. The molecule has 2 aromatic heterocycles. The summed E-state index contributed by atoms with van der Waals surface area (Å²) in [7, 11) is 0. The maximum Gasteiger partial charge on any atom is 0.405 e. The minimum Gasteiger partial charge on any atom is -0.288 e. The third-order valence-electron chi connectivity index (χ3n) is 3.78. The molecule has 0 saturated heterocycles. The Morgan fingerprint density at radius 2 is 2.22 bits per heavy atom. The van der Waals surface area contributed by atoms with Gasteiger partial charge in [0, 0.05) is 6.07 Å². The highest BCUT2D eigenvalue weighted by Crippen LogP contribution is 2.51. The number of carbonyl (C=O) groups is 1. The van der Waals surface area contributed by atoms with Crippen LogP contribution in [-0.2, 0) is 5.41 Å². The van der Waals surface area contributed by atoms with Gasteiger partial charge in [0.2, 0.25) is 0 Å². The van der Waals surface area contributed by atoms with Gasteiger partial charge in [-0.3, -0.25) is 4.90 Å². The Morgan fingerprint density at radius 1 is 1.52 bits per heavy atom. The van der Waals surface area contributed by atoms with Gasteiger partial charge in [-0.15, -0.1) is 6.58 Å². The average molecular weight is 344 g/mol. The first-order chi connectivity index (χ1) is 10.7. The quantitative estimate of drug-likeness (QED) is 0.590. The van der Waals surface area contributed by atoms with Crippen LogP contribution in [0.4, 0.5) is 23.7 Å². The molecule has 6 nitrogen and oxygen atoms in total. The zero-order valence-electron chi connectivity index (χ0n) is 11.5. The number of amides is 2. The predicted molar refractivity (Wildman–Crippen MR) is 78.2 cm³/mol. The van der Waals surface area contributed by atoms with Crippen LogP contribution in [0.25, 0.3) is 5.65 Å². The maximum atomic E-state index is 13.8. The SMILES string of the molecule is C=C[C@@]1(C(F)(F)F)CN(C(=O)N=C)c2cnc3cc(Cl)nn3c21. The molecule has 0 spiro atoms. The number of alkyl halides is 3. The fourth-order valence-corrected chi connectivity index (χ4v) is 2.85. The monoisotopic (exact) mass is 343 g/mol. The molecule has 10 heteroatoms. The van der Waals surface area contributed by atoms with Gasteiger partial charge in [-0.2, -0.15) is 18.3 Å². The normalized spacial score (nSPS) is 20.6. The van der Waals surface area contributed by atoms with Crippen LogP contribution in [0.15, 0.2) is 29.9 Å². The molecule has 0 aliphatic carbocycles. The number of hydrogen-bond acceptors (Lipinski definition) is 3. The van der Waals surface area contributed by atoms with Crippen LogP contribution in [0.1, 0.15) is 5.69 Å². The van der Waals surface area contributed by atoms with Gasteiger partial charge in [0.05, 0.1) is 24.1 Å². The second-order valence-corrected chi connectivity index (χ2v) is 5.32. The van der Waals surface area contributed by atoms with Crippen molar-refractivity contribution in [3.05, 3.63) is 35.8 Å². The van der Waals surface area contributed by atoms with E-state index < -0.39 is 24.2 Å². The van der Waals surface area contributed by atoms with Gasteiger partial charge in [0.15, 0.2) is 10.8 Å². The molecule has 0 fully saturated rings. The number of anilines is 1. The van der Waals surface area contributed by atoms with Crippen LogP contribution in [0, 0.1) is 0 Å². The summed E-state index contributed by atoms with van der Waals surface area (Å²) in [6.07, 6.45) is -2.81. The Bertz CT molecular complexity index is 846. The highest BCUT2D eigenvalue weighted by Gasteiger charge is 2.62. The number of aromatic nitrogens is 3. The van der Waals surface area contributed by atoms with Crippen LogP contribution in [0.3, 0.4) is 0 Å². The topological polar surface area (TPSA) is 62.9 Å². The lowest BCUT2D eigenvalue weighted by atomic mass is 9.85. The van der Waals surface area contributed by atoms with E-state index in [-0.39, 0.29) is 22.2 Å². The van der Waals surface area contributed by atoms with Crippen LogP contribution in [0.5, 0.6) is 0 Å². The van der Waals surface area contributed by atoms with Crippen molar-refractivity contribution in [3.8, 4) is 0 Å². The minimum absolute atomic E-state index is 0.0161. The first kappa shape index (κ1) is 15.5.